The topological polar surface area (TPSA) is 126 Å². The van der Waals surface area contributed by atoms with Gasteiger partial charge in [-0.2, -0.15) is 10.4 Å². The Morgan fingerprint density at radius 1 is 1.30 bits per heavy atom. The zero-order valence-electron chi connectivity index (χ0n) is 14.4. The quantitative estimate of drug-likeness (QED) is 0.627. The van der Waals surface area contributed by atoms with Crippen LogP contribution in [0.5, 0.6) is 0 Å². The van der Waals surface area contributed by atoms with Gasteiger partial charge >= 0.3 is 5.69 Å². The summed E-state index contributed by atoms with van der Waals surface area (Å²) in [4.78, 5) is 12.1. The lowest BCUT2D eigenvalue weighted by atomic mass is 10.2. The molecule has 1 aromatic carbocycles. The third kappa shape index (κ3) is 2.76. The van der Waals surface area contributed by atoms with Crippen LogP contribution < -0.4 is 10.4 Å². The Hall–Kier alpha value is -2.58. The molecule has 1 aliphatic rings. The van der Waals surface area contributed by atoms with Crippen molar-refractivity contribution in [2.24, 2.45) is 14.1 Å². The molecule has 11 heteroatoms. The number of hydrogen-bond acceptors (Lipinski definition) is 5. The lowest BCUT2D eigenvalue weighted by Gasteiger charge is -2.09. The Balaban J connectivity index is 1.81. The molecule has 0 radical (unpaired) electrons. The number of imidazole rings is 1. The SMILES string of the molecule is Cn1c(=O)n(C)c2cc(S(=O)(=O)Nc3n[nH]c(C4CC4)c3C#N)c(Br)cc21. The van der Waals surface area contributed by atoms with Crippen LogP contribution in [-0.4, -0.2) is 27.7 Å². The van der Waals surface area contributed by atoms with Crippen molar-refractivity contribution in [3.8, 4) is 6.07 Å². The second-order valence-corrected chi connectivity index (χ2v) is 9.03. The van der Waals surface area contributed by atoms with Crippen LogP contribution in [0.25, 0.3) is 11.0 Å². The standard InChI is InChI=1S/C16H15BrN6O3S/c1-22-11-5-10(17)13(6-12(11)23(2)16(22)24)27(25,26)21-15-9(7-18)14(19-20-15)8-3-4-8/h5-6,8H,3-4H2,1-2H3,(H2,19,20,21). The van der Waals surface area contributed by atoms with Crippen LogP contribution in [0.4, 0.5) is 5.82 Å². The van der Waals surface area contributed by atoms with Crippen LogP contribution in [0.15, 0.2) is 26.3 Å². The number of hydrogen-bond donors (Lipinski definition) is 2. The van der Waals surface area contributed by atoms with E-state index in [1.165, 1.54) is 15.2 Å². The molecule has 4 rings (SSSR count). The average Bonchev–Trinajstić information content (AvgIpc) is 3.36. The van der Waals surface area contributed by atoms with Crippen molar-refractivity contribution in [1.82, 2.24) is 19.3 Å². The molecule has 0 bridgehead atoms. The lowest BCUT2D eigenvalue weighted by Crippen LogP contribution is -2.19. The average molecular weight is 451 g/mol. The smallest absolute Gasteiger partial charge is 0.295 e. The molecule has 0 spiro atoms. The molecule has 9 nitrogen and oxygen atoms in total. The molecule has 0 saturated heterocycles. The van der Waals surface area contributed by atoms with Crippen LogP contribution >= 0.6 is 15.9 Å². The number of H-pyrrole nitrogens is 1. The van der Waals surface area contributed by atoms with Gasteiger partial charge in [0.2, 0.25) is 0 Å². The number of aromatic nitrogens is 4. The first-order valence-electron chi connectivity index (χ1n) is 8.10. The fraction of sp³-hybridized carbons (Fsp3) is 0.312. The number of aryl methyl sites for hydroxylation is 2. The fourth-order valence-corrected chi connectivity index (χ4v) is 5.16. The molecule has 140 valence electrons. The van der Waals surface area contributed by atoms with Crippen molar-refractivity contribution in [1.29, 1.82) is 5.26 Å². The summed E-state index contributed by atoms with van der Waals surface area (Å²) in [6, 6.07) is 5.02. The second kappa shape index (κ2) is 5.97. The van der Waals surface area contributed by atoms with Gasteiger partial charge in [0.1, 0.15) is 16.5 Å². The maximum Gasteiger partial charge on any atom is 0.328 e. The van der Waals surface area contributed by atoms with Gasteiger partial charge in [-0.25, -0.2) is 13.2 Å². The van der Waals surface area contributed by atoms with Gasteiger partial charge in [0.05, 0.1) is 16.7 Å². The van der Waals surface area contributed by atoms with E-state index in [0.717, 1.165) is 12.8 Å². The predicted octanol–water partition coefficient (Wildman–Crippen LogP) is 1.91. The second-order valence-electron chi connectivity index (χ2n) is 6.52. The van der Waals surface area contributed by atoms with Gasteiger partial charge in [0.15, 0.2) is 5.82 Å². The molecule has 1 fully saturated rings. The van der Waals surface area contributed by atoms with Crippen molar-refractivity contribution in [2.75, 3.05) is 4.72 Å². The van der Waals surface area contributed by atoms with Crippen LogP contribution in [0.3, 0.4) is 0 Å². The van der Waals surface area contributed by atoms with Gasteiger partial charge in [-0.15, -0.1) is 0 Å². The number of fused-ring (bicyclic) bond motifs is 1. The molecule has 27 heavy (non-hydrogen) atoms. The third-order valence-corrected chi connectivity index (χ3v) is 7.04. The molecular formula is C16H15BrN6O3S. The van der Waals surface area contributed by atoms with Crippen molar-refractivity contribution in [3.63, 3.8) is 0 Å². The summed E-state index contributed by atoms with van der Waals surface area (Å²) >= 11 is 3.27. The van der Waals surface area contributed by atoms with Crippen LogP contribution in [0, 0.1) is 11.3 Å². The molecule has 0 unspecified atom stereocenters. The number of sulfonamides is 1. The first kappa shape index (κ1) is 17.8. The molecule has 2 N–H and O–H groups in total. The summed E-state index contributed by atoms with van der Waals surface area (Å²) in [5.74, 6) is 0.209. The Morgan fingerprint density at radius 2 is 1.93 bits per heavy atom. The minimum Gasteiger partial charge on any atom is -0.295 e. The van der Waals surface area contributed by atoms with Gasteiger partial charge < -0.3 is 0 Å². The molecule has 0 amide bonds. The van der Waals surface area contributed by atoms with E-state index in [-0.39, 0.29) is 27.9 Å². The highest BCUT2D eigenvalue weighted by Gasteiger charge is 2.31. The van der Waals surface area contributed by atoms with Crippen molar-refractivity contribution in [2.45, 2.75) is 23.7 Å². The number of halogens is 1. The number of rotatable bonds is 4. The highest BCUT2D eigenvalue weighted by molar-refractivity contribution is 9.10. The van der Waals surface area contributed by atoms with Gasteiger partial charge in [-0.1, -0.05) is 0 Å². The summed E-state index contributed by atoms with van der Waals surface area (Å²) < 4.78 is 31.4. The van der Waals surface area contributed by atoms with Gasteiger partial charge in [0, 0.05) is 24.5 Å². The first-order valence-corrected chi connectivity index (χ1v) is 10.4. The number of nitriles is 1. The Bertz CT molecular complexity index is 1290. The third-order valence-electron chi connectivity index (χ3n) is 4.74. The lowest BCUT2D eigenvalue weighted by molar-refractivity contribution is 0.600. The Labute approximate surface area is 162 Å². The summed E-state index contributed by atoms with van der Waals surface area (Å²) in [5, 5.41) is 16.1. The number of aromatic amines is 1. The van der Waals surface area contributed by atoms with E-state index in [0.29, 0.717) is 21.2 Å². The van der Waals surface area contributed by atoms with E-state index in [2.05, 4.69) is 30.8 Å². The van der Waals surface area contributed by atoms with Crippen molar-refractivity contribution >= 4 is 42.8 Å². The van der Waals surface area contributed by atoms with Crippen LogP contribution in [0.1, 0.15) is 30.0 Å². The van der Waals surface area contributed by atoms with E-state index in [1.54, 1.807) is 20.2 Å². The molecular weight excluding hydrogens is 436 g/mol. The molecule has 1 saturated carbocycles. The molecule has 2 heterocycles. The Morgan fingerprint density at radius 3 is 2.52 bits per heavy atom. The van der Waals surface area contributed by atoms with Crippen LogP contribution in [-0.2, 0) is 24.1 Å². The first-order chi connectivity index (χ1) is 12.7. The zero-order valence-corrected chi connectivity index (χ0v) is 16.8. The maximum atomic E-state index is 12.9. The van der Waals surface area contributed by atoms with E-state index in [1.807, 2.05) is 6.07 Å². The van der Waals surface area contributed by atoms with E-state index in [9.17, 15) is 18.5 Å². The summed E-state index contributed by atoms with van der Waals surface area (Å²) in [7, 11) is -0.843. The fourth-order valence-electron chi connectivity index (χ4n) is 3.10. The van der Waals surface area contributed by atoms with Crippen molar-refractivity contribution in [3.05, 3.63) is 38.3 Å². The van der Waals surface area contributed by atoms with Crippen LogP contribution in [0.2, 0.25) is 0 Å². The van der Waals surface area contributed by atoms with Gasteiger partial charge in [-0.3, -0.25) is 19.0 Å². The zero-order chi connectivity index (χ0) is 19.5. The number of benzene rings is 1. The maximum absolute atomic E-state index is 12.9. The molecule has 0 aliphatic heterocycles. The monoisotopic (exact) mass is 450 g/mol. The summed E-state index contributed by atoms with van der Waals surface area (Å²) in [6.07, 6.45) is 1.90. The van der Waals surface area contributed by atoms with Gasteiger partial charge in [-0.05, 0) is 40.9 Å². The summed E-state index contributed by atoms with van der Waals surface area (Å²) in [5.41, 5.74) is 1.70. The van der Waals surface area contributed by atoms with E-state index in [4.69, 9.17) is 0 Å². The minimum absolute atomic E-state index is 0.0200. The number of nitrogens with zero attached hydrogens (tertiary/aromatic N) is 4. The molecule has 2 aromatic heterocycles. The van der Waals surface area contributed by atoms with E-state index >= 15 is 0 Å². The highest BCUT2D eigenvalue weighted by atomic mass is 79.9. The molecule has 0 atom stereocenters. The molecule has 3 aromatic rings. The van der Waals surface area contributed by atoms with Gasteiger partial charge in [0.25, 0.3) is 10.0 Å². The number of anilines is 1. The largest absolute Gasteiger partial charge is 0.328 e. The van der Waals surface area contributed by atoms with Crippen molar-refractivity contribution < 1.29 is 8.42 Å². The number of nitrogens with one attached hydrogen (secondary N) is 2. The summed E-state index contributed by atoms with van der Waals surface area (Å²) in [6.45, 7) is 0. The highest BCUT2D eigenvalue weighted by Crippen LogP contribution is 2.42. The normalized spacial score (nSPS) is 14.4. The predicted molar refractivity (Wildman–Crippen MR) is 102 cm³/mol. The van der Waals surface area contributed by atoms with E-state index < -0.39 is 10.0 Å². The minimum atomic E-state index is -4.04. The molecule has 1 aliphatic carbocycles. The Kier molecular flexibility index (Phi) is 3.94.